The van der Waals surface area contributed by atoms with Crippen molar-refractivity contribution in [3.8, 4) is 10.9 Å². The molecule has 0 fully saturated rings. The fraction of sp³-hybridized carbons (Fsp3) is 0.167. The second-order valence-corrected chi connectivity index (χ2v) is 7.81. The van der Waals surface area contributed by atoms with Crippen molar-refractivity contribution in [1.29, 1.82) is 0 Å². The van der Waals surface area contributed by atoms with Gasteiger partial charge in [-0.2, -0.15) is 9.36 Å². The summed E-state index contributed by atoms with van der Waals surface area (Å²) < 4.78 is 10.2. The Morgan fingerprint density at radius 1 is 1.03 bits per heavy atom. The lowest BCUT2D eigenvalue weighted by molar-refractivity contribution is 0.0954. The average Bonchev–Trinajstić information content (AvgIpc) is 3.23. The van der Waals surface area contributed by atoms with Gasteiger partial charge in [-0.15, -0.1) is 0 Å². The summed E-state index contributed by atoms with van der Waals surface area (Å²) in [6.45, 7) is 2.59. The Balaban J connectivity index is 1.28. The zero-order chi connectivity index (χ0) is 21.5. The summed E-state index contributed by atoms with van der Waals surface area (Å²) >= 11 is 1.22. The van der Waals surface area contributed by atoms with Crippen LogP contribution in [0.1, 0.15) is 33.0 Å². The molecular weight excluding hydrogens is 408 g/mol. The van der Waals surface area contributed by atoms with Crippen LogP contribution in [0.2, 0.25) is 0 Å². The minimum absolute atomic E-state index is 0.126. The third kappa shape index (κ3) is 5.96. The molecule has 0 spiro atoms. The SMILES string of the molecule is Cc1ccc(Cc2nsc(Oc3ccc(C(=O)NCCc4ccccn4)cc3)n2)cc1. The van der Waals surface area contributed by atoms with Crippen molar-refractivity contribution in [3.63, 3.8) is 0 Å². The molecule has 0 atom stereocenters. The lowest BCUT2D eigenvalue weighted by Gasteiger charge is -2.06. The van der Waals surface area contributed by atoms with E-state index in [1.54, 1.807) is 30.5 Å². The van der Waals surface area contributed by atoms with Crippen LogP contribution in [0, 0.1) is 6.92 Å². The molecule has 4 rings (SSSR count). The molecule has 7 heteroatoms. The molecule has 0 saturated heterocycles. The summed E-state index contributed by atoms with van der Waals surface area (Å²) in [7, 11) is 0. The number of rotatable bonds is 8. The van der Waals surface area contributed by atoms with E-state index in [2.05, 4.69) is 50.8 Å². The Hall–Kier alpha value is -3.58. The van der Waals surface area contributed by atoms with Crippen LogP contribution >= 0.6 is 11.5 Å². The van der Waals surface area contributed by atoms with E-state index >= 15 is 0 Å². The van der Waals surface area contributed by atoms with Gasteiger partial charge in [-0.25, -0.2) is 0 Å². The number of aryl methyl sites for hydroxylation is 1. The molecule has 31 heavy (non-hydrogen) atoms. The number of carbonyl (C=O) groups is 1. The predicted octanol–water partition coefficient (Wildman–Crippen LogP) is 4.60. The molecule has 0 unspecified atom stereocenters. The molecule has 0 bridgehead atoms. The van der Waals surface area contributed by atoms with Gasteiger partial charge in [0.15, 0.2) is 5.82 Å². The van der Waals surface area contributed by atoms with Crippen molar-refractivity contribution in [1.82, 2.24) is 19.7 Å². The molecule has 0 aliphatic heterocycles. The van der Waals surface area contributed by atoms with Gasteiger partial charge >= 0.3 is 0 Å². The normalized spacial score (nSPS) is 10.6. The van der Waals surface area contributed by atoms with Crippen LogP contribution in [0.15, 0.2) is 72.9 Å². The summed E-state index contributed by atoms with van der Waals surface area (Å²) in [4.78, 5) is 21.0. The van der Waals surface area contributed by atoms with Crippen molar-refractivity contribution in [2.24, 2.45) is 0 Å². The molecule has 0 saturated carbocycles. The molecule has 1 amide bonds. The van der Waals surface area contributed by atoms with Gasteiger partial charge in [0.05, 0.1) is 0 Å². The zero-order valence-electron chi connectivity index (χ0n) is 17.1. The van der Waals surface area contributed by atoms with Crippen LogP contribution in [0.4, 0.5) is 0 Å². The van der Waals surface area contributed by atoms with E-state index in [9.17, 15) is 4.79 Å². The highest BCUT2D eigenvalue weighted by molar-refractivity contribution is 7.07. The van der Waals surface area contributed by atoms with E-state index in [4.69, 9.17) is 4.74 Å². The van der Waals surface area contributed by atoms with E-state index in [-0.39, 0.29) is 5.91 Å². The molecule has 2 heterocycles. The summed E-state index contributed by atoms with van der Waals surface area (Å²) in [6, 6.07) is 21.1. The summed E-state index contributed by atoms with van der Waals surface area (Å²) in [6.07, 6.45) is 3.10. The van der Waals surface area contributed by atoms with Gasteiger partial charge in [0.1, 0.15) is 5.75 Å². The quantitative estimate of drug-likeness (QED) is 0.442. The van der Waals surface area contributed by atoms with Crippen molar-refractivity contribution in [2.45, 2.75) is 19.8 Å². The number of amides is 1. The van der Waals surface area contributed by atoms with E-state index < -0.39 is 0 Å². The lowest BCUT2D eigenvalue weighted by Crippen LogP contribution is -2.25. The highest BCUT2D eigenvalue weighted by Gasteiger charge is 2.09. The Labute approximate surface area is 185 Å². The van der Waals surface area contributed by atoms with Crippen molar-refractivity contribution >= 4 is 17.4 Å². The fourth-order valence-corrected chi connectivity index (χ4v) is 3.54. The van der Waals surface area contributed by atoms with Gasteiger partial charge < -0.3 is 10.1 Å². The van der Waals surface area contributed by atoms with Crippen LogP contribution in [0.5, 0.6) is 10.9 Å². The number of nitrogens with one attached hydrogen (secondary N) is 1. The first kappa shape index (κ1) is 20.7. The average molecular weight is 431 g/mol. The maximum Gasteiger partial charge on any atom is 0.298 e. The van der Waals surface area contributed by atoms with Gasteiger partial charge in [0, 0.05) is 48.4 Å². The molecule has 2 aromatic carbocycles. The summed E-state index contributed by atoms with van der Waals surface area (Å²) in [5.41, 5.74) is 3.91. The van der Waals surface area contributed by atoms with E-state index in [1.807, 2.05) is 18.2 Å². The van der Waals surface area contributed by atoms with Crippen LogP contribution in [-0.2, 0) is 12.8 Å². The Morgan fingerprint density at radius 3 is 2.58 bits per heavy atom. The Kier molecular flexibility index (Phi) is 6.64. The zero-order valence-corrected chi connectivity index (χ0v) is 17.9. The third-order valence-electron chi connectivity index (χ3n) is 4.65. The molecule has 0 radical (unpaired) electrons. The van der Waals surface area contributed by atoms with Crippen LogP contribution in [0.3, 0.4) is 0 Å². The van der Waals surface area contributed by atoms with E-state index in [1.165, 1.54) is 17.1 Å². The standard InChI is InChI=1S/C24H22N4O2S/c1-17-5-7-18(8-6-17)16-22-27-24(31-28-22)30-21-11-9-19(10-12-21)23(29)26-15-13-20-4-2-3-14-25-20/h2-12,14H,13,15-16H2,1H3,(H,26,29). The topological polar surface area (TPSA) is 77.0 Å². The highest BCUT2D eigenvalue weighted by Crippen LogP contribution is 2.24. The van der Waals surface area contributed by atoms with Gasteiger partial charge in [0.25, 0.3) is 11.1 Å². The smallest absolute Gasteiger partial charge is 0.298 e. The van der Waals surface area contributed by atoms with E-state index in [0.717, 1.165) is 17.1 Å². The summed E-state index contributed by atoms with van der Waals surface area (Å²) in [5.74, 6) is 1.22. The molecule has 156 valence electrons. The number of hydrogen-bond donors (Lipinski definition) is 1. The van der Waals surface area contributed by atoms with Crippen LogP contribution in [-0.4, -0.2) is 26.8 Å². The molecule has 2 aromatic heterocycles. The largest absolute Gasteiger partial charge is 0.430 e. The van der Waals surface area contributed by atoms with Crippen molar-refractivity contribution in [2.75, 3.05) is 6.54 Å². The van der Waals surface area contributed by atoms with Gasteiger partial charge in [-0.3, -0.25) is 9.78 Å². The number of carbonyl (C=O) groups excluding carboxylic acids is 1. The maximum absolute atomic E-state index is 12.3. The molecule has 0 aliphatic carbocycles. The number of nitrogens with zero attached hydrogens (tertiary/aromatic N) is 3. The Bertz CT molecular complexity index is 1130. The minimum Gasteiger partial charge on any atom is -0.430 e. The molecule has 1 N–H and O–H groups in total. The summed E-state index contributed by atoms with van der Waals surface area (Å²) in [5, 5.41) is 3.39. The third-order valence-corrected chi connectivity index (χ3v) is 5.28. The molecule has 0 aliphatic rings. The maximum atomic E-state index is 12.3. The molecule has 4 aromatic rings. The number of ether oxygens (including phenoxy) is 1. The monoisotopic (exact) mass is 430 g/mol. The molecular formula is C24H22N4O2S. The first-order valence-corrected chi connectivity index (χ1v) is 10.8. The first-order chi connectivity index (χ1) is 15.2. The van der Waals surface area contributed by atoms with Gasteiger partial charge in [-0.05, 0) is 48.9 Å². The van der Waals surface area contributed by atoms with E-state index in [0.29, 0.717) is 35.9 Å². The molecule has 6 nitrogen and oxygen atoms in total. The van der Waals surface area contributed by atoms with Gasteiger partial charge in [-0.1, -0.05) is 35.9 Å². The fourth-order valence-electron chi connectivity index (χ4n) is 2.97. The van der Waals surface area contributed by atoms with Crippen molar-refractivity contribution < 1.29 is 9.53 Å². The first-order valence-electron chi connectivity index (χ1n) is 10.00. The Morgan fingerprint density at radius 2 is 1.84 bits per heavy atom. The number of pyridine rings is 1. The van der Waals surface area contributed by atoms with Crippen LogP contribution < -0.4 is 10.1 Å². The highest BCUT2D eigenvalue weighted by atomic mass is 32.1. The second kappa shape index (κ2) is 9.95. The predicted molar refractivity (Wildman–Crippen MR) is 121 cm³/mol. The second-order valence-electron chi connectivity index (χ2n) is 7.09. The number of hydrogen-bond acceptors (Lipinski definition) is 6. The van der Waals surface area contributed by atoms with Gasteiger partial charge in [0.2, 0.25) is 0 Å². The van der Waals surface area contributed by atoms with Crippen molar-refractivity contribution in [3.05, 3.63) is 101 Å². The number of aromatic nitrogens is 3. The van der Waals surface area contributed by atoms with Crippen LogP contribution in [0.25, 0.3) is 0 Å². The lowest BCUT2D eigenvalue weighted by atomic mass is 10.1. The number of benzene rings is 2. The minimum atomic E-state index is -0.126.